The Hall–Kier alpha value is -4.21. The van der Waals surface area contributed by atoms with Crippen molar-refractivity contribution in [2.45, 2.75) is 126 Å². The van der Waals surface area contributed by atoms with Crippen LogP contribution in [0.3, 0.4) is 0 Å². The van der Waals surface area contributed by atoms with E-state index in [-0.39, 0.29) is 38.9 Å². The Morgan fingerprint density at radius 1 is 1.04 bits per heavy atom. The smallest absolute Gasteiger partial charge is 0.410 e. The minimum absolute atomic E-state index is 0.115. The molecular formula is C35H46FN5O9S. The zero-order valence-electron chi connectivity index (χ0n) is 29.1. The van der Waals surface area contributed by atoms with Crippen molar-refractivity contribution in [3.63, 3.8) is 0 Å². The van der Waals surface area contributed by atoms with Crippen molar-refractivity contribution < 1.29 is 46.3 Å². The van der Waals surface area contributed by atoms with Gasteiger partial charge in [0.15, 0.2) is 0 Å². The number of benzene rings is 1. The summed E-state index contributed by atoms with van der Waals surface area (Å²) in [6, 6.07) is 1.99. The van der Waals surface area contributed by atoms with Crippen molar-refractivity contribution in [2.75, 3.05) is 6.54 Å². The lowest BCUT2D eigenvalue weighted by Crippen LogP contribution is -2.58. The van der Waals surface area contributed by atoms with Crippen LogP contribution in [0.5, 0.6) is 0 Å². The van der Waals surface area contributed by atoms with E-state index in [4.69, 9.17) is 9.47 Å². The average Bonchev–Trinajstić information content (AvgIpc) is 3.93. The van der Waals surface area contributed by atoms with Gasteiger partial charge in [0, 0.05) is 25.4 Å². The molecule has 5 atom stereocenters. The zero-order valence-corrected chi connectivity index (χ0v) is 29.9. The number of carbonyl (C=O) groups is 5. The number of sulfonamides is 1. The van der Waals surface area contributed by atoms with Crippen LogP contribution in [0, 0.1) is 11.7 Å². The van der Waals surface area contributed by atoms with Gasteiger partial charge in [0.05, 0.1) is 11.8 Å². The Bertz CT molecular complexity index is 1730. The van der Waals surface area contributed by atoms with Gasteiger partial charge in [-0.3, -0.25) is 24.0 Å². The molecule has 3 aliphatic heterocycles. The molecule has 0 unspecified atom stereocenters. The van der Waals surface area contributed by atoms with Gasteiger partial charge in [-0.05, 0) is 82.6 Å². The molecule has 0 radical (unpaired) electrons. The Morgan fingerprint density at radius 2 is 1.78 bits per heavy atom. The minimum Gasteiger partial charge on any atom is -0.444 e. The maximum absolute atomic E-state index is 14.3. The number of nitrogens with one attached hydrogen (secondary N) is 3. The molecule has 2 aliphatic carbocycles. The Kier molecular flexibility index (Phi) is 10.1. The summed E-state index contributed by atoms with van der Waals surface area (Å²) in [6.07, 6.45) is 5.21. The number of hydrogen-bond donors (Lipinski definition) is 3. The van der Waals surface area contributed by atoms with Gasteiger partial charge in [0.1, 0.15) is 35.1 Å². The van der Waals surface area contributed by atoms with Gasteiger partial charge in [0.2, 0.25) is 21.8 Å². The van der Waals surface area contributed by atoms with E-state index in [1.54, 1.807) is 26.8 Å². The summed E-state index contributed by atoms with van der Waals surface area (Å²) >= 11 is 0. The largest absolute Gasteiger partial charge is 0.444 e. The monoisotopic (exact) mass is 731 g/mol. The van der Waals surface area contributed by atoms with E-state index in [2.05, 4.69) is 15.4 Å². The van der Waals surface area contributed by atoms with Gasteiger partial charge in [-0.25, -0.2) is 22.4 Å². The second-order valence-corrected chi connectivity index (χ2v) is 17.2. The molecule has 0 bridgehead atoms. The van der Waals surface area contributed by atoms with E-state index >= 15 is 0 Å². The van der Waals surface area contributed by atoms with Gasteiger partial charge in [-0.15, -0.1) is 0 Å². The standard InChI is InChI=1S/C35H46FN5O9S/c1-34(2,3)50-32(45)37-27-10-8-6-4-5-7-9-23-17-35(23,31(44)39-51(47,48)26-13-14-26)38-29(42)28-16-25(20-41(28)30(27)43)49-33(46)40-18-21-11-12-24(36)15-22(21)19-40/h7,9,11-12,15,23,25-28H,4-6,8,10,13-14,16-20H2,1-3H3,(H,37,45)(H,38,42)(H,39,44)/t23-,25-,27+,28+,35-/m1/s1. The normalized spacial score (nSPS) is 28.3. The van der Waals surface area contributed by atoms with E-state index in [9.17, 15) is 36.8 Å². The fraction of sp³-hybridized carbons (Fsp3) is 0.629. The van der Waals surface area contributed by atoms with Crippen LogP contribution in [-0.4, -0.2) is 89.2 Å². The van der Waals surface area contributed by atoms with E-state index < -0.39 is 86.2 Å². The number of halogens is 1. The number of ether oxygens (including phenoxy) is 2. The molecule has 278 valence electrons. The molecule has 0 spiro atoms. The maximum atomic E-state index is 14.3. The summed E-state index contributed by atoms with van der Waals surface area (Å²) < 4.78 is 52.7. The average molecular weight is 732 g/mol. The van der Waals surface area contributed by atoms with Gasteiger partial charge in [0.25, 0.3) is 5.91 Å². The Morgan fingerprint density at radius 3 is 2.51 bits per heavy atom. The number of allylic oxidation sites excluding steroid dienone is 1. The first-order chi connectivity index (χ1) is 24.0. The summed E-state index contributed by atoms with van der Waals surface area (Å²) in [4.78, 5) is 70.9. The molecule has 1 aromatic rings. The first-order valence-electron chi connectivity index (χ1n) is 17.6. The highest BCUT2D eigenvalue weighted by atomic mass is 32.2. The molecule has 3 N–H and O–H groups in total. The SMILES string of the molecule is CC(C)(C)OC(=O)N[C@H]1CCCCCC=C[C@@H]2C[C@@]2(C(=O)NS(=O)(=O)C2CC2)NC(=O)[C@@H]2C[C@@H](OC(=O)N3Cc4ccc(F)cc4C3)CN2C1=O. The first kappa shape index (κ1) is 36.6. The molecule has 2 saturated carbocycles. The fourth-order valence-corrected chi connectivity index (χ4v) is 8.37. The molecule has 1 aromatic carbocycles. The van der Waals surface area contributed by atoms with E-state index in [0.29, 0.717) is 31.2 Å². The van der Waals surface area contributed by atoms with Gasteiger partial charge >= 0.3 is 12.2 Å². The van der Waals surface area contributed by atoms with Crippen molar-refractivity contribution in [3.05, 3.63) is 47.3 Å². The van der Waals surface area contributed by atoms with E-state index in [1.165, 1.54) is 21.9 Å². The molecule has 1 saturated heterocycles. The van der Waals surface area contributed by atoms with Crippen molar-refractivity contribution in [1.29, 1.82) is 0 Å². The molecule has 16 heteroatoms. The van der Waals surface area contributed by atoms with E-state index in [0.717, 1.165) is 18.4 Å². The molecule has 0 aromatic heterocycles. The van der Waals surface area contributed by atoms with Crippen LogP contribution in [0.25, 0.3) is 0 Å². The molecule has 5 aliphatic rings. The number of hydrogen-bond acceptors (Lipinski definition) is 9. The number of rotatable bonds is 5. The fourth-order valence-electron chi connectivity index (χ4n) is 7.01. The van der Waals surface area contributed by atoms with Crippen LogP contribution >= 0.6 is 0 Å². The third-order valence-corrected chi connectivity index (χ3v) is 11.8. The number of fused-ring (bicyclic) bond motifs is 3. The van der Waals surface area contributed by atoms with Crippen molar-refractivity contribution in [2.24, 2.45) is 5.92 Å². The van der Waals surface area contributed by atoms with Crippen LogP contribution in [0.4, 0.5) is 14.0 Å². The quantitative estimate of drug-likeness (QED) is 0.384. The Balaban J connectivity index is 1.25. The summed E-state index contributed by atoms with van der Waals surface area (Å²) in [6.45, 7) is 5.24. The van der Waals surface area contributed by atoms with Gasteiger partial charge in [-0.2, -0.15) is 0 Å². The molecule has 5 amide bonds. The highest BCUT2D eigenvalue weighted by Crippen LogP contribution is 2.46. The number of amides is 5. The predicted molar refractivity (Wildman–Crippen MR) is 180 cm³/mol. The second-order valence-electron chi connectivity index (χ2n) is 15.2. The van der Waals surface area contributed by atoms with E-state index in [1.807, 2.05) is 12.2 Å². The second kappa shape index (κ2) is 14.1. The minimum atomic E-state index is -3.92. The van der Waals surface area contributed by atoms with Gasteiger partial charge in [-0.1, -0.05) is 31.1 Å². The van der Waals surface area contributed by atoms with Crippen LogP contribution in [0.1, 0.15) is 89.7 Å². The maximum Gasteiger partial charge on any atom is 0.410 e. The summed E-state index contributed by atoms with van der Waals surface area (Å²) in [7, 11) is -3.92. The number of alkyl carbamates (subject to hydrolysis) is 1. The molecule has 3 heterocycles. The number of carbonyl (C=O) groups excluding carboxylic acids is 5. The van der Waals surface area contributed by atoms with Gasteiger partial charge < -0.3 is 25.0 Å². The lowest BCUT2D eigenvalue weighted by Gasteiger charge is -2.30. The molecular weight excluding hydrogens is 685 g/mol. The predicted octanol–water partition coefficient (Wildman–Crippen LogP) is 3.14. The molecule has 3 fully saturated rings. The van der Waals surface area contributed by atoms with Crippen molar-refractivity contribution >= 4 is 39.9 Å². The first-order valence-corrected chi connectivity index (χ1v) is 19.2. The van der Waals surface area contributed by atoms with Crippen LogP contribution in [-0.2, 0) is 47.0 Å². The summed E-state index contributed by atoms with van der Waals surface area (Å²) in [5.74, 6) is -3.03. The lowest BCUT2D eigenvalue weighted by atomic mass is 10.0. The van der Waals surface area contributed by atoms with Crippen molar-refractivity contribution in [1.82, 2.24) is 25.2 Å². The molecule has 14 nitrogen and oxygen atoms in total. The highest BCUT2D eigenvalue weighted by Gasteiger charge is 2.62. The third kappa shape index (κ3) is 8.47. The molecule has 6 rings (SSSR count). The molecule has 51 heavy (non-hydrogen) atoms. The zero-order chi connectivity index (χ0) is 36.7. The topological polar surface area (TPSA) is 181 Å². The van der Waals surface area contributed by atoms with Crippen molar-refractivity contribution in [3.8, 4) is 0 Å². The summed E-state index contributed by atoms with van der Waals surface area (Å²) in [5.41, 5.74) is -0.960. The number of nitrogens with zero attached hydrogens (tertiary/aromatic N) is 2. The third-order valence-electron chi connectivity index (χ3n) is 9.95. The van der Waals surface area contributed by atoms with Crippen LogP contribution in [0.2, 0.25) is 0 Å². The summed E-state index contributed by atoms with van der Waals surface area (Å²) in [5, 5.41) is 4.80. The lowest BCUT2D eigenvalue weighted by molar-refractivity contribution is -0.141. The van der Waals surface area contributed by atoms with Crippen LogP contribution < -0.4 is 15.4 Å². The highest BCUT2D eigenvalue weighted by molar-refractivity contribution is 7.91. The van der Waals surface area contributed by atoms with Crippen LogP contribution in [0.15, 0.2) is 30.4 Å². The Labute approximate surface area is 296 Å².